The number of amides is 2. The summed E-state index contributed by atoms with van der Waals surface area (Å²) >= 11 is 0. The second-order valence-electron chi connectivity index (χ2n) is 5.62. The van der Waals surface area contributed by atoms with E-state index in [1.807, 2.05) is 20.8 Å². The van der Waals surface area contributed by atoms with Gasteiger partial charge in [-0.1, -0.05) is 41.9 Å². The molecule has 0 radical (unpaired) electrons. The molecule has 0 N–H and O–H groups in total. The maximum absolute atomic E-state index is 12.0. The Kier molecular flexibility index (Phi) is 9.06. The van der Waals surface area contributed by atoms with Crippen molar-refractivity contribution in [3.8, 4) is 0 Å². The van der Waals surface area contributed by atoms with Crippen LogP contribution in [-0.4, -0.2) is 65.6 Å². The largest absolute Gasteiger partial charge is 0.446 e. The highest BCUT2D eigenvalue weighted by molar-refractivity contribution is 8.76. The van der Waals surface area contributed by atoms with Crippen LogP contribution < -0.4 is 0 Å². The van der Waals surface area contributed by atoms with Gasteiger partial charge in [0, 0.05) is 36.9 Å². The number of rotatable bonds is 6. The summed E-state index contributed by atoms with van der Waals surface area (Å²) in [7, 11) is 8.76. The minimum Gasteiger partial charge on any atom is -0.399 e. The molecule has 0 aliphatic heterocycles. The lowest BCUT2D eigenvalue weighted by Gasteiger charge is -2.20. The second-order valence-corrected chi connectivity index (χ2v) is 8.66. The van der Waals surface area contributed by atoms with Gasteiger partial charge in [-0.15, -0.1) is 0 Å². The Morgan fingerprint density at radius 3 is 2.09 bits per heavy atom. The molecule has 0 saturated heterocycles. The summed E-state index contributed by atoms with van der Waals surface area (Å²) < 4.78 is 1.27. The minimum atomic E-state index is -0.693. The lowest BCUT2D eigenvalue weighted by molar-refractivity contribution is -0.121. The topological polar surface area (TPSA) is 83.8 Å². The van der Waals surface area contributed by atoms with Crippen LogP contribution in [0.4, 0.5) is 4.79 Å². The number of carbonyl (C=O) groups is 2. The van der Waals surface area contributed by atoms with Crippen molar-refractivity contribution < 1.29 is 19.3 Å². The molecule has 0 aromatic rings. The van der Waals surface area contributed by atoms with Crippen molar-refractivity contribution in [1.29, 1.82) is 0 Å². The molecule has 0 aromatic heterocycles. The standard InChI is InChI=1S/C13H24N4O4S2/c1-9(14-20-8)10(11(18)16(5)6)15-21-12(19)17(7)23-22-13(2,3)4/h1-8H3. The highest BCUT2D eigenvalue weighted by atomic mass is 33.1. The van der Waals surface area contributed by atoms with E-state index in [1.54, 1.807) is 21.1 Å². The lowest BCUT2D eigenvalue weighted by atomic mass is 10.2. The number of carbonyl (C=O) groups excluding carboxylic acids is 2. The van der Waals surface area contributed by atoms with Gasteiger partial charge in [-0.25, -0.2) is 9.10 Å². The van der Waals surface area contributed by atoms with Gasteiger partial charge in [0.25, 0.3) is 5.91 Å². The molecule has 0 aliphatic rings. The Morgan fingerprint density at radius 1 is 1.09 bits per heavy atom. The van der Waals surface area contributed by atoms with Crippen LogP contribution in [0.25, 0.3) is 0 Å². The van der Waals surface area contributed by atoms with Crippen molar-refractivity contribution >= 4 is 45.2 Å². The Bertz CT molecular complexity index is 487. The van der Waals surface area contributed by atoms with Gasteiger partial charge in [-0.3, -0.25) is 9.63 Å². The van der Waals surface area contributed by atoms with E-state index in [0.717, 1.165) is 0 Å². The zero-order valence-corrected chi connectivity index (χ0v) is 16.4. The summed E-state index contributed by atoms with van der Waals surface area (Å²) in [6.07, 6.45) is -0.693. The zero-order chi connectivity index (χ0) is 18.2. The van der Waals surface area contributed by atoms with E-state index in [1.165, 1.54) is 45.0 Å². The van der Waals surface area contributed by atoms with Gasteiger partial charge in [0.1, 0.15) is 12.8 Å². The third kappa shape index (κ3) is 8.70. The molecule has 0 saturated carbocycles. The molecular weight excluding hydrogens is 340 g/mol. The van der Waals surface area contributed by atoms with Crippen LogP contribution >= 0.6 is 21.8 Å². The van der Waals surface area contributed by atoms with E-state index >= 15 is 0 Å². The first-order chi connectivity index (χ1) is 10.5. The molecule has 23 heavy (non-hydrogen) atoms. The van der Waals surface area contributed by atoms with E-state index in [4.69, 9.17) is 4.84 Å². The van der Waals surface area contributed by atoms with Crippen molar-refractivity contribution in [3.05, 3.63) is 0 Å². The molecule has 0 atom stereocenters. The average molecular weight is 364 g/mol. The van der Waals surface area contributed by atoms with E-state index in [0.29, 0.717) is 0 Å². The smallest absolute Gasteiger partial charge is 0.399 e. The SMILES string of the molecule is CON=C(C)C(=NOC(=O)N(C)SSC(C)(C)C)C(=O)N(C)C. The minimum absolute atomic E-state index is 0.0176. The zero-order valence-electron chi connectivity index (χ0n) is 14.7. The van der Waals surface area contributed by atoms with Crippen LogP contribution in [0.1, 0.15) is 27.7 Å². The van der Waals surface area contributed by atoms with Gasteiger partial charge in [-0.2, -0.15) is 0 Å². The summed E-state index contributed by atoms with van der Waals surface area (Å²) in [5.74, 6) is -0.449. The van der Waals surface area contributed by atoms with E-state index in [-0.39, 0.29) is 16.2 Å². The van der Waals surface area contributed by atoms with Crippen molar-refractivity contribution in [2.45, 2.75) is 32.4 Å². The first-order valence-electron chi connectivity index (χ1n) is 6.68. The molecule has 2 amide bonds. The molecule has 0 fully saturated rings. The van der Waals surface area contributed by atoms with Gasteiger partial charge >= 0.3 is 6.09 Å². The van der Waals surface area contributed by atoms with Crippen LogP contribution in [0.2, 0.25) is 0 Å². The predicted octanol–water partition coefficient (Wildman–Crippen LogP) is 2.62. The van der Waals surface area contributed by atoms with Gasteiger partial charge in [-0.05, 0) is 6.92 Å². The summed E-state index contributed by atoms with van der Waals surface area (Å²) in [5, 5.41) is 7.27. The van der Waals surface area contributed by atoms with Crippen LogP contribution in [0, 0.1) is 0 Å². The van der Waals surface area contributed by atoms with Crippen LogP contribution in [0.15, 0.2) is 10.3 Å². The first kappa shape index (κ1) is 21.6. The fourth-order valence-corrected chi connectivity index (χ4v) is 2.61. The van der Waals surface area contributed by atoms with E-state index in [2.05, 4.69) is 15.1 Å². The second kappa shape index (κ2) is 9.66. The first-order valence-corrected chi connectivity index (χ1v) is 8.78. The molecule has 0 rings (SSSR count). The molecule has 0 aromatic carbocycles. The van der Waals surface area contributed by atoms with Gasteiger partial charge in [0.05, 0.1) is 0 Å². The van der Waals surface area contributed by atoms with Crippen molar-refractivity contribution in [2.75, 3.05) is 28.3 Å². The maximum atomic E-state index is 12.0. The molecular formula is C13H24N4O4S2. The molecule has 0 bridgehead atoms. The normalized spacial score (nSPS) is 12.7. The van der Waals surface area contributed by atoms with Crippen LogP contribution in [0.3, 0.4) is 0 Å². The lowest BCUT2D eigenvalue weighted by Crippen LogP contribution is -2.35. The predicted molar refractivity (Wildman–Crippen MR) is 95.4 cm³/mol. The molecule has 0 aliphatic carbocycles. The Hall–Kier alpha value is -1.42. The Labute approximate surface area is 145 Å². The van der Waals surface area contributed by atoms with E-state index in [9.17, 15) is 9.59 Å². The van der Waals surface area contributed by atoms with Crippen LogP contribution in [-0.2, 0) is 14.5 Å². The highest BCUT2D eigenvalue weighted by Crippen LogP contribution is 2.36. The highest BCUT2D eigenvalue weighted by Gasteiger charge is 2.22. The summed E-state index contributed by atoms with van der Waals surface area (Å²) in [6.45, 7) is 7.62. The molecule has 0 spiro atoms. The molecule has 0 unspecified atom stereocenters. The third-order valence-corrected chi connectivity index (χ3v) is 5.39. The number of nitrogens with zero attached hydrogens (tertiary/aromatic N) is 4. The average Bonchev–Trinajstić information content (AvgIpc) is 2.43. The Balaban J connectivity index is 4.98. The van der Waals surface area contributed by atoms with Crippen molar-refractivity contribution in [1.82, 2.24) is 9.21 Å². The monoisotopic (exact) mass is 364 g/mol. The molecule has 8 nitrogen and oxygen atoms in total. The van der Waals surface area contributed by atoms with Gasteiger partial charge < -0.3 is 9.74 Å². The van der Waals surface area contributed by atoms with Crippen LogP contribution in [0.5, 0.6) is 0 Å². The molecule has 0 heterocycles. The van der Waals surface area contributed by atoms with Gasteiger partial charge in [0.2, 0.25) is 0 Å². The number of hydrogen-bond donors (Lipinski definition) is 0. The fraction of sp³-hybridized carbons (Fsp3) is 0.692. The number of oxime groups is 2. The fourth-order valence-electron chi connectivity index (χ4n) is 0.992. The summed E-state index contributed by atoms with van der Waals surface area (Å²) in [5.41, 5.74) is 0.102. The van der Waals surface area contributed by atoms with E-state index < -0.39 is 12.0 Å². The third-order valence-electron chi connectivity index (χ3n) is 2.05. The quantitative estimate of drug-likeness (QED) is 0.237. The Morgan fingerprint density at radius 2 is 1.65 bits per heavy atom. The summed E-state index contributed by atoms with van der Waals surface area (Å²) in [4.78, 5) is 34.7. The summed E-state index contributed by atoms with van der Waals surface area (Å²) in [6, 6.07) is 0. The molecule has 10 heteroatoms. The van der Waals surface area contributed by atoms with Crippen molar-refractivity contribution in [2.24, 2.45) is 10.3 Å². The maximum Gasteiger partial charge on any atom is 0.446 e. The van der Waals surface area contributed by atoms with Crippen molar-refractivity contribution in [3.63, 3.8) is 0 Å². The van der Waals surface area contributed by atoms with Gasteiger partial charge in [0.15, 0.2) is 5.71 Å². The number of hydrogen-bond acceptors (Lipinski definition) is 8. The molecule has 132 valence electrons.